The molecule has 6 nitrogen and oxygen atoms in total. The number of aryl methyl sites for hydroxylation is 1. The highest BCUT2D eigenvalue weighted by atomic mass is 16.5. The molecular weight excluding hydrogens is 260 g/mol. The Kier molecular flexibility index (Phi) is 5.58. The highest BCUT2D eigenvalue weighted by Gasteiger charge is 2.21. The molecule has 1 saturated heterocycles. The molecular formula is C14H22N2O4. The molecule has 0 spiro atoms. The van der Waals surface area contributed by atoms with Crippen molar-refractivity contribution in [3.8, 4) is 0 Å². The van der Waals surface area contributed by atoms with Crippen LogP contribution in [-0.2, 0) is 4.74 Å². The van der Waals surface area contributed by atoms with Gasteiger partial charge in [0.25, 0.3) is 5.91 Å². The van der Waals surface area contributed by atoms with Crippen molar-refractivity contribution in [3.05, 3.63) is 23.7 Å². The Labute approximate surface area is 118 Å². The maximum atomic E-state index is 12.4. The van der Waals surface area contributed by atoms with Gasteiger partial charge in [-0.2, -0.15) is 0 Å². The summed E-state index contributed by atoms with van der Waals surface area (Å²) in [5.41, 5.74) is 0.823. The molecule has 0 aliphatic carbocycles. The summed E-state index contributed by atoms with van der Waals surface area (Å²) in [5.74, 6) is 0.204. The fourth-order valence-corrected chi connectivity index (χ4v) is 2.26. The summed E-state index contributed by atoms with van der Waals surface area (Å²) < 4.78 is 10.5. The van der Waals surface area contributed by atoms with E-state index in [9.17, 15) is 4.79 Å². The summed E-state index contributed by atoms with van der Waals surface area (Å²) >= 11 is 0. The van der Waals surface area contributed by atoms with Crippen LogP contribution in [0.3, 0.4) is 0 Å². The summed E-state index contributed by atoms with van der Waals surface area (Å²) in [5, 5.41) is 9.13. The minimum Gasteiger partial charge on any atom is -0.459 e. The molecule has 0 bridgehead atoms. The van der Waals surface area contributed by atoms with Crippen molar-refractivity contribution < 1.29 is 19.1 Å². The molecule has 20 heavy (non-hydrogen) atoms. The lowest BCUT2D eigenvalue weighted by atomic mass is 10.2. The van der Waals surface area contributed by atoms with Gasteiger partial charge in [-0.1, -0.05) is 0 Å². The number of nitrogens with zero attached hydrogens (tertiary/aromatic N) is 2. The number of carbonyl (C=O) groups is 1. The number of hydrogen-bond donors (Lipinski definition) is 1. The number of hydrogen-bond acceptors (Lipinski definition) is 5. The Morgan fingerprint density at radius 1 is 1.40 bits per heavy atom. The first-order chi connectivity index (χ1) is 9.72. The van der Waals surface area contributed by atoms with Gasteiger partial charge in [0.05, 0.1) is 26.1 Å². The van der Waals surface area contributed by atoms with Gasteiger partial charge in [-0.25, -0.2) is 0 Å². The van der Waals surface area contributed by atoms with Gasteiger partial charge >= 0.3 is 0 Å². The van der Waals surface area contributed by atoms with Crippen molar-refractivity contribution in [2.45, 2.75) is 6.92 Å². The zero-order valence-electron chi connectivity index (χ0n) is 11.9. The molecule has 6 heteroatoms. The molecule has 112 valence electrons. The third-order valence-electron chi connectivity index (χ3n) is 3.50. The van der Waals surface area contributed by atoms with Crippen LogP contribution in [0.5, 0.6) is 0 Å². The van der Waals surface area contributed by atoms with Crippen molar-refractivity contribution in [2.75, 3.05) is 52.5 Å². The van der Waals surface area contributed by atoms with Gasteiger partial charge < -0.3 is 19.2 Å². The lowest BCUT2D eigenvalue weighted by Crippen LogP contribution is -2.44. The Balaban J connectivity index is 1.92. The average molecular weight is 282 g/mol. The van der Waals surface area contributed by atoms with Crippen molar-refractivity contribution in [3.63, 3.8) is 0 Å². The number of morpholine rings is 1. The van der Waals surface area contributed by atoms with E-state index in [1.165, 1.54) is 6.26 Å². The minimum atomic E-state index is -0.158. The van der Waals surface area contributed by atoms with E-state index >= 15 is 0 Å². The lowest BCUT2D eigenvalue weighted by Gasteiger charge is -2.29. The van der Waals surface area contributed by atoms with Crippen LogP contribution in [0.15, 0.2) is 16.7 Å². The van der Waals surface area contributed by atoms with Gasteiger partial charge in [-0.15, -0.1) is 0 Å². The van der Waals surface area contributed by atoms with E-state index in [2.05, 4.69) is 4.90 Å². The largest absolute Gasteiger partial charge is 0.459 e. The molecule has 0 atom stereocenters. The molecule has 2 heterocycles. The second-order valence-corrected chi connectivity index (χ2v) is 4.90. The van der Waals surface area contributed by atoms with Crippen molar-refractivity contribution in [1.29, 1.82) is 0 Å². The van der Waals surface area contributed by atoms with Crippen LogP contribution >= 0.6 is 0 Å². The topological polar surface area (TPSA) is 66.2 Å². The van der Waals surface area contributed by atoms with E-state index < -0.39 is 0 Å². The lowest BCUT2D eigenvalue weighted by molar-refractivity contribution is 0.0311. The molecule has 0 saturated carbocycles. The van der Waals surface area contributed by atoms with E-state index in [0.29, 0.717) is 18.8 Å². The van der Waals surface area contributed by atoms with E-state index in [1.807, 2.05) is 6.92 Å². The molecule has 1 N–H and O–H groups in total. The van der Waals surface area contributed by atoms with E-state index in [-0.39, 0.29) is 12.5 Å². The standard InChI is InChI=1S/C14H22N2O4/c1-12-2-9-20-13(12)14(18)16(5-8-17)4-3-15-6-10-19-11-7-15/h2,9,17H,3-8,10-11H2,1H3. The molecule has 1 aromatic heterocycles. The number of ether oxygens (including phenoxy) is 1. The zero-order chi connectivity index (χ0) is 14.4. The van der Waals surface area contributed by atoms with Crippen LogP contribution in [0, 0.1) is 6.92 Å². The van der Waals surface area contributed by atoms with Gasteiger partial charge in [0.1, 0.15) is 0 Å². The van der Waals surface area contributed by atoms with Gasteiger partial charge in [-0.3, -0.25) is 9.69 Å². The number of carbonyl (C=O) groups excluding carboxylic acids is 1. The molecule has 2 rings (SSSR count). The molecule has 1 amide bonds. The van der Waals surface area contributed by atoms with Crippen molar-refractivity contribution in [2.24, 2.45) is 0 Å². The maximum Gasteiger partial charge on any atom is 0.289 e. The number of aliphatic hydroxyl groups is 1. The van der Waals surface area contributed by atoms with Gasteiger partial charge in [0, 0.05) is 38.3 Å². The van der Waals surface area contributed by atoms with Gasteiger partial charge in [-0.05, 0) is 13.0 Å². The molecule has 1 aliphatic heterocycles. The molecule has 0 radical (unpaired) electrons. The Bertz CT molecular complexity index is 427. The summed E-state index contributed by atoms with van der Waals surface area (Å²) in [4.78, 5) is 16.3. The zero-order valence-corrected chi connectivity index (χ0v) is 11.9. The smallest absolute Gasteiger partial charge is 0.289 e. The summed E-state index contributed by atoms with van der Waals surface area (Å²) in [7, 11) is 0. The van der Waals surface area contributed by atoms with E-state index in [0.717, 1.165) is 38.4 Å². The van der Waals surface area contributed by atoms with E-state index in [1.54, 1.807) is 11.0 Å². The Hall–Kier alpha value is -1.37. The summed E-state index contributed by atoms with van der Waals surface area (Å²) in [6.07, 6.45) is 1.52. The quantitative estimate of drug-likeness (QED) is 0.816. The highest BCUT2D eigenvalue weighted by molar-refractivity contribution is 5.92. The third kappa shape index (κ3) is 3.82. The Morgan fingerprint density at radius 3 is 2.75 bits per heavy atom. The molecule has 0 aromatic carbocycles. The maximum absolute atomic E-state index is 12.4. The number of amides is 1. The fraction of sp³-hybridized carbons (Fsp3) is 0.643. The second-order valence-electron chi connectivity index (χ2n) is 4.90. The van der Waals surface area contributed by atoms with Gasteiger partial charge in [0.2, 0.25) is 0 Å². The first kappa shape index (κ1) is 15.0. The van der Waals surface area contributed by atoms with Crippen LogP contribution < -0.4 is 0 Å². The van der Waals surface area contributed by atoms with Crippen molar-refractivity contribution in [1.82, 2.24) is 9.80 Å². The number of rotatable bonds is 6. The van der Waals surface area contributed by atoms with E-state index in [4.69, 9.17) is 14.3 Å². The molecule has 0 unspecified atom stereocenters. The van der Waals surface area contributed by atoms with Crippen LogP contribution in [0.4, 0.5) is 0 Å². The highest BCUT2D eigenvalue weighted by Crippen LogP contribution is 2.12. The van der Waals surface area contributed by atoms with Gasteiger partial charge in [0.15, 0.2) is 5.76 Å². The van der Waals surface area contributed by atoms with Crippen molar-refractivity contribution >= 4 is 5.91 Å². The predicted molar refractivity (Wildman–Crippen MR) is 73.7 cm³/mol. The van der Waals surface area contributed by atoms with Crippen LogP contribution in [-0.4, -0.2) is 73.4 Å². The monoisotopic (exact) mass is 282 g/mol. The minimum absolute atomic E-state index is 0.0470. The summed E-state index contributed by atoms with van der Waals surface area (Å²) in [6, 6.07) is 1.77. The molecule has 1 aromatic rings. The van der Waals surface area contributed by atoms with Crippen LogP contribution in [0.2, 0.25) is 0 Å². The molecule has 1 aliphatic rings. The molecule has 1 fully saturated rings. The predicted octanol–water partition coefficient (Wildman–Crippen LogP) is 0.355. The fourth-order valence-electron chi connectivity index (χ4n) is 2.26. The SMILES string of the molecule is Cc1ccoc1C(=O)N(CCO)CCN1CCOCC1. The first-order valence-corrected chi connectivity index (χ1v) is 6.96. The van der Waals surface area contributed by atoms with Crippen LogP contribution in [0.1, 0.15) is 16.1 Å². The first-order valence-electron chi connectivity index (χ1n) is 6.96. The second kappa shape index (κ2) is 7.42. The summed E-state index contributed by atoms with van der Waals surface area (Å²) in [6.45, 7) is 6.75. The average Bonchev–Trinajstić information content (AvgIpc) is 2.90. The third-order valence-corrected chi connectivity index (χ3v) is 3.50. The number of aliphatic hydroxyl groups excluding tert-OH is 1. The normalized spacial score (nSPS) is 16.3. The number of furan rings is 1. The Morgan fingerprint density at radius 2 is 2.15 bits per heavy atom. The van der Waals surface area contributed by atoms with Crippen LogP contribution in [0.25, 0.3) is 0 Å².